The number of hydrogen-bond donors (Lipinski definition) is 2. The normalized spacial score (nSPS) is 9.42. The molecule has 0 aliphatic heterocycles. The van der Waals surface area contributed by atoms with E-state index in [1.807, 2.05) is 6.92 Å². The maximum atomic E-state index is 11.1. The molecule has 12 heavy (non-hydrogen) atoms. The molecule has 1 heterocycles. The first kappa shape index (κ1) is 8.45. The minimum atomic E-state index is -0.231. The largest absolute Gasteiger partial charge is 0.382 e. The van der Waals surface area contributed by atoms with Crippen LogP contribution in [0.25, 0.3) is 0 Å². The second-order valence-electron chi connectivity index (χ2n) is 2.19. The van der Waals surface area contributed by atoms with Gasteiger partial charge in [-0.25, -0.2) is 9.97 Å². The van der Waals surface area contributed by atoms with Gasteiger partial charge in [-0.05, 0) is 6.92 Å². The average Bonchev–Trinajstić information content (AvgIpc) is 2.06. The highest BCUT2D eigenvalue weighted by atomic mass is 16.1. The maximum absolute atomic E-state index is 11.1. The molecular formula is C7H10N4O. The molecule has 0 aromatic carbocycles. The SMILES string of the molecule is CCNC(=O)c1cnc(N)cn1. The van der Waals surface area contributed by atoms with Crippen LogP contribution in [0.4, 0.5) is 5.82 Å². The molecule has 1 aromatic rings. The number of carbonyl (C=O) groups is 1. The molecule has 0 unspecified atom stereocenters. The lowest BCUT2D eigenvalue weighted by Gasteiger charge is -1.99. The Labute approximate surface area is 70.0 Å². The first-order valence-corrected chi connectivity index (χ1v) is 3.59. The van der Waals surface area contributed by atoms with E-state index in [1.165, 1.54) is 12.4 Å². The second kappa shape index (κ2) is 3.66. The van der Waals surface area contributed by atoms with E-state index in [0.29, 0.717) is 12.4 Å². The molecule has 0 aliphatic rings. The number of amides is 1. The van der Waals surface area contributed by atoms with Crippen LogP contribution in [-0.4, -0.2) is 22.4 Å². The highest BCUT2D eigenvalue weighted by Gasteiger charge is 2.04. The first-order valence-electron chi connectivity index (χ1n) is 3.59. The fraction of sp³-hybridized carbons (Fsp3) is 0.286. The molecule has 0 radical (unpaired) electrons. The molecule has 0 spiro atoms. The predicted octanol–water partition coefficient (Wildman–Crippen LogP) is -0.192. The van der Waals surface area contributed by atoms with E-state index in [0.717, 1.165) is 0 Å². The minimum absolute atomic E-state index is 0.231. The zero-order valence-electron chi connectivity index (χ0n) is 6.74. The summed E-state index contributed by atoms with van der Waals surface area (Å²) in [5.74, 6) is 0.0769. The Morgan fingerprint density at radius 1 is 1.58 bits per heavy atom. The third-order valence-electron chi connectivity index (χ3n) is 1.24. The van der Waals surface area contributed by atoms with Crippen molar-refractivity contribution < 1.29 is 4.79 Å². The molecule has 3 N–H and O–H groups in total. The zero-order chi connectivity index (χ0) is 8.97. The van der Waals surface area contributed by atoms with Crippen LogP contribution in [0.1, 0.15) is 17.4 Å². The van der Waals surface area contributed by atoms with Crippen molar-refractivity contribution >= 4 is 11.7 Å². The summed E-state index contributed by atoms with van der Waals surface area (Å²) in [6.07, 6.45) is 2.70. The summed E-state index contributed by atoms with van der Waals surface area (Å²) in [5, 5.41) is 2.60. The summed E-state index contributed by atoms with van der Waals surface area (Å²) in [6.45, 7) is 2.41. The van der Waals surface area contributed by atoms with Crippen molar-refractivity contribution in [3.8, 4) is 0 Å². The van der Waals surface area contributed by atoms with Crippen molar-refractivity contribution in [1.82, 2.24) is 15.3 Å². The third kappa shape index (κ3) is 1.91. The molecule has 0 aliphatic carbocycles. The summed E-state index contributed by atoms with van der Waals surface area (Å²) >= 11 is 0. The molecule has 5 heteroatoms. The summed E-state index contributed by atoms with van der Waals surface area (Å²) in [4.78, 5) is 18.6. The Morgan fingerprint density at radius 2 is 2.33 bits per heavy atom. The van der Waals surface area contributed by atoms with Crippen LogP contribution < -0.4 is 11.1 Å². The number of rotatable bonds is 2. The Bertz CT molecular complexity index is 269. The Hall–Kier alpha value is -1.65. The summed E-state index contributed by atoms with van der Waals surface area (Å²) in [6, 6.07) is 0. The van der Waals surface area contributed by atoms with Gasteiger partial charge < -0.3 is 11.1 Å². The lowest BCUT2D eigenvalue weighted by atomic mass is 10.4. The van der Waals surface area contributed by atoms with E-state index in [1.54, 1.807) is 0 Å². The molecular weight excluding hydrogens is 156 g/mol. The van der Waals surface area contributed by atoms with Crippen LogP contribution in [0.3, 0.4) is 0 Å². The third-order valence-corrected chi connectivity index (χ3v) is 1.24. The fourth-order valence-electron chi connectivity index (χ4n) is 0.706. The molecule has 5 nitrogen and oxygen atoms in total. The number of aromatic nitrogens is 2. The molecule has 0 atom stereocenters. The van der Waals surface area contributed by atoms with Crippen molar-refractivity contribution in [1.29, 1.82) is 0 Å². The van der Waals surface area contributed by atoms with Gasteiger partial charge in [-0.3, -0.25) is 4.79 Å². The van der Waals surface area contributed by atoms with Crippen LogP contribution in [0.5, 0.6) is 0 Å². The number of hydrogen-bond acceptors (Lipinski definition) is 4. The van der Waals surface area contributed by atoms with Gasteiger partial charge in [-0.1, -0.05) is 0 Å². The van der Waals surface area contributed by atoms with Gasteiger partial charge >= 0.3 is 0 Å². The van der Waals surface area contributed by atoms with E-state index < -0.39 is 0 Å². The predicted molar refractivity (Wildman–Crippen MR) is 44.5 cm³/mol. The quantitative estimate of drug-likeness (QED) is 0.638. The van der Waals surface area contributed by atoms with E-state index in [4.69, 9.17) is 5.73 Å². The number of anilines is 1. The van der Waals surface area contributed by atoms with Crippen LogP contribution >= 0.6 is 0 Å². The van der Waals surface area contributed by atoms with Crippen LogP contribution in [-0.2, 0) is 0 Å². The lowest BCUT2D eigenvalue weighted by Crippen LogP contribution is -2.23. The average molecular weight is 166 g/mol. The highest BCUT2D eigenvalue weighted by molar-refractivity contribution is 5.91. The molecule has 0 bridgehead atoms. The van der Waals surface area contributed by atoms with Crippen LogP contribution in [0.15, 0.2) is 12.4 Å². The van der Waals surface area contributed by atoms with E-state index >= 15 is 0 Å². The lowest BCUT2D eigenvalue weighted by molar-refractivity contribution is 0.0950. The topological polar surface area (TPSA) is 80.9 Å². The molecule has 0 fully saturated rings. The monoisotopic (exact) mass is 166 g/mol. The van der Waals surface area contributed by atoms with Gasteiger partial charge in [0.05, 0.1) is 12.4 Å². The van der Waals surface area contributed by atoms with Gasteiger partial charge in [0, 0.05) is 6.54 Å². The highest BCUT2D eigenvalue weighted by Crippen LogP contribution is 1.95. The molecule has 1 rings (SSSR count). The van der Waals surface area contributed by atoms with Crippen molar-refractivity contribution in [2.75, 3.05) is 12.3 Å². The second-order valence-corrected chi connectivity index (χ2v) is 2.19. The zero-order valence-corrected chi connectivity index (χ0v) is 6.74. The Kier molecular flexibility index (Phi) is 2.57. The maximum Gasteiger partial charge on any atom is 0.271 e. The van der Waals surface area contributed by atoms with Gasteiger partial charge in [0.2, 0.25) is 0 Å². The number of carbonyl (C=O) groups excluding carboxylic acids is 1. The number of nitrogens with one attached hydrogen (secondary N) is 1. The van der Waals surface area contributed by atoms with E-state index in [-0.39, 0.29) is 11.6 Å². The number of nitrogen functional groups attached to an aromatic ring is 1. The molecule has 64 valence electrons. The van der Waals surface area contributed by atoms with E-state index in [9.17, 15) is 4.79 Å². The smallest absolute Gasteiger partial charge is 0.271 e. The summed E-state index contributed by atoms with van der Waals surface area (Å²) < 4.78 is 0. The molecule has 0 saturated carbocycles. The number of nitrogens with two attached hydrogens (primary N) is 1. The van der Waals surface area contributed by atoms with Crippen molar-refractivity contribution in [3.05, 3.63) is 18.1 Å². The van der Waals surface area contributed by atoms with E-state index in [2.05, 4.69) is 15.3 Å². The van der Waals surface area contributed by atoms with Crippen molar-refractivity contribution in [3.63, 3.8) is 0 Å². The van der Waals surface area contributed by atoms with Crippen molar-refractivity contribution in [2.45, 2.75) is 6.92 Å². The summed E-state index contributed by atoms with van der Waals surface area (Å²) in [5.41, 5.74) is 5.58. The number of nitrogens with zero attached hydrogens (tertiary/aromatic N) is 2. The van der Waals surface area contributed by atoms with Crippen LogP contribution in [0.2, 0.25) is 0 Å². The Morgan fingerprint density at radius 3 is 2.83 bits per heavy atom. The first-order chi connectivity index (χ1) is 5.74. The molecule has 1 aromatic heterocycles. The minimum Gasteiger partial charge on any atom is -0.382 e. The van der Waals surface area contributed by atoms with Gasteiger partial charge in [-0.15, -0.1) is 0 Å². The van der Waals surface area contributed by atoms with Gasteiger partial charge in [0.15, 0.2) is 0 Å². The van der Waals surface area contributed by atoms with Gasteiger partial charge in [0.1, 0.15) is 11.5 Å². The van der Waals surface area contributed by atoms with Gasteiger partial charge in [-0.2, -0.15) is 0 Å². The molecule has 0 saturated heterocycles. The Balaban J connectivity index is 2.75. The summed E-state index contributed by atoms with van der Waals surface area (Å²) in [7, 11) is 0. The van der Waals surface area contributed by atoms with Crippen molar-refractivity contribution in [2.24, 2.45) is 0 Å². The standard InChI is InChI=1S/C7H10N4O/c1-2-9-7(12)5-3-11-6(8)4-10-5/h3-4H,2H2,1H3,(H2,8,11)(H,9,12). The van der Waals surface area contributed by atoms with Crippen LogP contribution in [0, 0.1) is 0 Å². The fourth-order valence-corrected chi connectivity index (χ4v) is 0.706. The van der Waals surface area contributed by atoms with Gasteiger partial charge in [0.25, 0.3) is 5.91 Å². The molecule has 1 amide bonds.